The van der Waals surface area contributed by atoms with Crippen molar-refractivity contribution in [3.05, 3.63) is 17.0 Å². The molecule has 0 unspecified atom stereocenters. The highest BCUT2D eigenvalue weighted by atomic mass is 16.5. The van der Waals surface area contributed by atoms with Crippen LogP contribution in [0.5, 0.6) is 0 Å². The quantitative estimate of drug-likeness (QED) is 0.844. The van der Waals surface area contributed by atoms with E-state index in [1.807, 2.05) is 0 Å². The molecule has 102 valence electrons. The van der Waals surface area contributed by atoms with E-state index in [0.29, 0.717) is 36.8 Å². The molecule has 2 heterocycles. The third-order valence-corrected chi connectivity index (χ3v) is 3.56. The average molecular weight is 265 g/mol. The van der Waals surface area contributed by atoms with Gasteiger partial charge in [-0.05, 0) is 18.8 Å². The fraction of sp³-hybridized carbons (Fsp3) is 0.583. The summed E-state index contributed by atoms with van der Waals surface area (Å²) in [5.74, 6) is 0.931. The average Bonchev–Trinajstić information content (AvgIpc) is 3.13. The van der Waals surface area contributed by atoms with E-state index in [1.165, 1.54) is 4.90 Å². The first kappa shape index (κ1) is 12.0. The number of hydrogen-bond acceptors (Lipinski definition) is 4. The monoisotopic (exact) mass is 265 g/mol. The van der Waals surface area contributed by atoms with Crippen molar-refractivity contribution < 1.29 is 19.2 Å². The Morgan fingerprint density at radius 3 is 2.95 bits per heavy atom. The predicted octanol–water partition coefficient (Wildman–Crippen LogP) is 0.851. The highest BCUT2D eigenvalue weighted by molar-refractivity contribution is 5.94. The first-order chi connectivity index (χ1) is 9.15. The van der Waals surface area contributed by atoms with Crippen molar-refractivity contribution >= 4 is 12.0 Å². The van der Waals surface area contributed by atoms with Crippen LogP contribution in [0, 0.1) is 5.92 Å². The minimum Gasteiger partial charge on any atom is -0.465 e. The lowest BCUT2D eigenvalue weighted by Gasteiger charge is -2.22. The van der Waals surface area contributed by atoms with Crippen molar-refractivity contribution in [2.75, 3.05) is 13.1 Å². The van der Waals surface area contributed by atoms with Gasteiger partial charge in [0, 0.05) is 25.1 Å². The molecule has 2 amide bonds. The van der Waals surface area contributed by atoms with Gasteiger partial charge < -0.3 is 19.8 Å². The van der Waals surface area contributed by atoms with Gasteiger partial charge in [-0.2, -0.15) is 0 Å². The zero-order valence-electron chi connectivity index (χ0n) is 10.4. The molecule has 0 saturated heterocycles. The lowest BCUT2D eigenvalue weighted by molar-refractivity contribution is 0.0940. The van der Waals surface area contributed by atoms with Crippen LogP contribution < -0.4 is 5.32 Å². The van der Waals surface area contributed by atoms with Crippen LogP contribution in [0.3, 0.4) is 0 Å². The normalized spacial score (nSPS) is 18.0. The molecule has 0 atom stereocenters. The van der Waals surface area contributed by atoms with Gasteiger partial charge in [0.1, 0.15) is 5.76 Å². The standard InChI is InChI=1S/C12H15N3O4/c16-11(13-5-7-1-2-7)10-8-6-15(12(17)18)4-3-9(8)19-14-10/h7H,1-6H2,(H,13,16)(H,17,18). The van der Waals surface area contributed by atoms with Crippen molar-refractivity contribution in [3.8, 4) is 0 Å². The molecule has 2 N–H and O–H groups in total. The molecule has 1 aliphatic carbocycles. The van der Waals surface area contributed by atoms with Gasteiger partial charge in [0.15, 0.2) is 5.69 Å². The summed E-state index contributed by atoms with van der Waals surface area (Å²) < 4.78 is 5.13. The molecule has 0 aromatic carbocycles. The van der Waals surface area contributed by atoms with E-state index < -0.39 is 6.09 Å². The molecule has 7 heteroatoms. The van der Waals surface area contributed by atoms with Gasteiger partial charge in [-0.1, -0.05) is 5.16 Å². The highest BCUT2D eigenvalue weighted by Crippen LogP contribution is 2.28. The number of aromatic nitrogens is 1. The molecule has 2 aliphatic rings. The molecule has 1 aromatic heterocycles. The summed E-state index contributed by atoms with van der Waals surface area (Å²) in [6.45, 7) is 1.20. The lowest BCUT2D eigenvalue weighted by atomic mass is 10.1. The largest absolute Gasteiger partial charge is 0.465 e. The summed E-state index contributed by atoms with van der Waals surface area (Å²) in [6, 6.07) is 0. The summed E-state index contributed by atoms with van der Waals surface area (Å²) in [5.41, 5.74) is 0.823. The van der Waals surface area contributed by atoms with Crippen LogP contribution in [0.15, 0.2) is 4.52 Å². The van der Waals surface area contributed by atoms with Crippen LogP contribution in [0.4, 0.5) is 4.79 Å². The highest BCUT2D eigenvalue weighted by Gasteiger charge is 2.30. The molecule has 7 nitrogen and oxygen atoms in total. The Kier molecular flexibility index (Phi) is 2.88. The van der Waals surface area contributed by atoms with Gasteiger partial charge in [-0.15, -0.1) is 0 Å². The van der Waals surface area contributed by atoms with Crippen molar-refractivity contribution in [1.29, 1.82) is 0 Å². The van der Waals surface area contributed by atoms with Crippen LogP contribution in [0.25, 0.3) is 0 Å². The molecule has 1 aliphatic heterocycles. The molecule has 3 rings (SSSR count). The third kappa shape index (κ3) is 2.40. The van der Waals surface area contributed by atoms with E-state index in [2.05, 4.69) is 10.5 Å². The van der Waals surface area contributed by atoms with Crippen LogP contribution in [-0.4, -0.2) is 40.3 Å². The molecule has 1 aromatic rings. The summed E-state index contributed by atoms with van der Waals surface area (Å²) >= 11 is 0. The number of fused-ring (bicyclic) bond motifs is 1. The number of nitrogens with one attached hydrogen (secondary N) is 1. The van der Waals surface area contributed by atoms with Crippen molar-refractivity contribution in [2.24, 2.45) is 5.92 Å². The van der Waals surface area contributed by atoms with Crippen LogP contribution >= 0.6 is 0 Å². The van der Waals surface area contributed by atoms with Crippen molar-refractivity contribution in [1.82, 2.24) is 15.4 Å². The fourth-order valence-corrected chi connectivity index (χ4v) is 2.19. The van der Waals surface area contributed by atoms with Gasteiger partial charge in [0.2, 0.25) is 0 Å². The van der Waals surface area contributed by atoms with Gasteiger partial charge in [0.25, 0.3) is 5.91 Å². The molecule has 0 spiro atoms. The van der Waals surface area contributed by atoms with Gasteiger partial charge in [-0.25, -0.2) is 4.79 Å². The Balaban J connectivity index is 1.74. The topological polar surface area (TPSA) is 95.7 Å². The maximum Gasteiger partial charge on any atom is 0.407 e. The molecule has 0 bridgehead atoms. The Morgan fingerprint density at radius 2 is 2.26 bits per heavy atom. The minimum absolute atomic E-state index is 0.167. The predicted molar refractivity (Wildman–Crippen MR) is 63.7 cm³/mol. The summed E-state index contributed by atoms with van der Waals surface area (Å²) in [6.07, 6.45) is 1.79. The number of amides is 2. The Labute approximate surface area is 109 Å². The fourth-order valence-electron chi connectivity index (χ4n) is 2.19. The van der Waals surface area contributed by atoms with Gasteiger partial charge in [-0.3, -0.25) is 4.79 Å². The van der Waals surface area contributed by atoms with E-state index >= 15 is 0 Å². The lowest BCUT2D eigenvalue weighted by Crippen LogP contribution is -2.35. The van der Waals surface area contributed by atoms with E-state index in [0.717, 1.165) is 12.8 Å². The van der Waals surface area contributed by atoms with Crippen LogP contribution in [0.1, 0.15) is 34.7 Å². The summed E-state index contributed by atoms with van der Waals surface area (Å²) in [7, 11) is 0. The number of nitrogens with zero attached hydrogens (tertiary/aromatic N) is 2. The van der Waals surface area contributed by atoms with Crippen molar-refractivity contribution in [2.45, 2.75) is 25.8 Å². The zero-order valence-corrected chi connectivity index (χ0v) is 10.4. The zero-order chi connectivity index (χ0) is 13.4. The number of carboxylic acid groups (broad SMARTS) is 1. The number of carbonyl (C=O) groups is 2. The number of rotatable bonds is 3. The first-order valence-electron chi connectivity index (χ1n) is 6.38. The molecular weight excluding hydrogens is 250 g/mol. The van der Waals surface area contributed by atoms with E-state index in [-0.39, 0.29) is 18.1 Å². The first-order valence-corrected chi connectivity index (χ1v) is 6.38. The summed E-state index contributed by atoms with van der Waals surface area (Å²) in [4.78, 5) is 24.2. The third-order valence-electron chi connectivity index (χ3n) is 3.56. The van der Waals surface area contributed by atoms with Crippen LogP contribution in [0.2, 0.25) is 0 Å². The smallest absolute Gasteiger partial charge is 0.407 e. The van der Waals surface area contributed by atoms with Crippen molar-refractivity contribution in [3.63, 3.8) is 0 Å². The molecular formula is C12H15N3O4. The van der Waals surface area contributed by atoms with Crippen LogP contribution in [-0.2, 0) is 13.0 Å². The molecule has 0 radical (unpaired) electrons. The SMILES string of the molecule is O=C(NCC1CC1)c1noc2c1CN(C(=O)O)CC2. The van der Waals surface area contributed by atoms with E-state index in [1.54, 1.807) is 0 Å². The second kappa shape index (κ2) is 4.56. The second-order valence-electron chi connectivity index (χ2n) is 5.04. The molecule has 1 saturated carbocycles. The minimum atomic E-state index is -0.990. The summed E-state index contributed by atoms with van der Waals surface area (Å²) in [5, 5.41) is 15.6. The second-order valence-corrected chi connectivity index (χ2v) is 5.04. The Bertz CT molecular complexity index is 521. The van der Waals surface area contributed by atoms with Gasteiger partial charge >= 0.3 is 6.09 Å². The maximum absolute atomic E-state index is 12.0. The van der Waals surface area contributed by atoms with E-state index in [9.17, 15) is 9.59 Å². The number of hydrogen-bond donors (Lipinski definition) is 2. The maximum atomic E-state index is 12.0. The van der Waals surface area contributed by atoms with Gasteiger partial charge in [0.05, 0.1) is 6.54 Å². The Hall–Kier alpha value is -2.05. The molecule has 1 fully saturated rings. The Morgan fingerprint density at radius 1 is 1.47 bits per heavy atom. The molecule has 19 heavy (non-hydrogen) atoms. The van der Waals surface area contributed by atoms with E-state index in [4.69, 9.17) is 9.63 Å². The number of carbonyl (C=O) groups excluding carboxylic acids is 1.